The second-order valence-electron chi connectivity index (χ2n) is 1.81. The van der Waals surface area contributed by atoms with Crippen molar-refractivity contribution < 1.29 is 0 Å². The third-order valence-electron chi connectivity index (χ3n) is 1.15. The molecule has 10 heavy (non-hydrogen) atoms. The molecule has 0 saturated carbocycles. The zero-order valence-electron chi connectivity index (χ0n) is 5.14. The molecule has 0 amide bonds. The van der Waals surface area contributed by atoms with Gasteiger partial charge in [0.15, 0.2) is 5.16 Å². The Hall–Kier alpha value is -1.03. The first-order valence-corrected chi connectivity index (χ1v) is 3.74. The lowest BCUT2D eigenvalue weighted by molar-refractivity contribution is 0.924. The highest BCUT2D eigenvalue weighted by Gasteiger charge is 2.00. The number of allylic oxidation sites excluding steroid dienone is 2. The molecule has 1 aromatic heterocycles. The largest absolute Gasteiger partial charge is 0.283 e. The second kappa shape index (κ2) is 2.30. The molecule has 0 saturated heterocycles. The van der Waals surface area contributed by atoms with Crippen molar-refractivity contribution in [2.75, 3.05) is 0 Å². The molecule has 50 valence electrons. The summed E-state index contributed by atoms with van der Waals surface area (Å²) < 4.78 is 1.88. The summed E-state index contributed by atoms with van der Waals surface area (Å²) in [5.74, 6) is 0. The predicted molar refractivity (Wildman–Crippen MR) is 40.3 cm³/mol. The van der Waals surface area contributed by atoms with Crippen LogP contribution in [-0.4, -0.2) is 14.8 Å². The number of rotatable bonds is 0. The van der Waals surface area contributed by atoms with E-state index in [1.54, 1.807) is 18.1 Å². The molecule has 1 aliphatic rings. The zero-order valence-corrected chi connectivity index (χ0v) is 5.95. The average molecular weight is 151 g/mol. The maximum absolute atomic E-state index is 3.89. The van der Waals surface area contributed by atoms with E-state index in [1.807, 2.05) is 28.3 Å². The van der Waals surface area contributed by atoms with Crippen LogP contribution in [0.25, 0.3) is 6.20 Å². The van der Waals surface area contributed by atoms with Gasteiger partial charge in [-0.2, -0.15) is 0 Å². The van der Waals surface area contributed by atoms with Gasteiger partial charge in [-0.05, 0) is 11.5 Å². The lowest BCUT2D eigenvalue weighted by atomic mass is 10.6. The molecule has 1 aromatic rings. The Labute approximate surface area is 62.5 Å². The fraction of sp³-hybridized carbons (Fsp3) is 0. The van der Waals surface area contributed by atoms with E-state index in [0.717, 1.165) is 5.16 Å². The Bertz CT molecular complexity index is 287. The van der Waals surface area contributed by atoms with Crippen molar-refractivity contribution in [2.45, 2.75) is 5.16 Å². The average Bonchev–Trinajstić information content (AvgIpc) is 2.28. The van der Waals surface area contributed by atoms with Crippen LogP contribution in [-0.2, 0) is 0 Å². The molecule has 0 unspecified atom stereocenters. The van der Waals surface area contributed by atoms with E-state index in [9.17, 15) is 0 Å². The van der Waals surface area contributed by atoms with Gasteiger partial charge in [-0.25, -0.2) is 0 Å². The molecule has 4 heteroatoms. The lowest BCUT2D eigenvalue weighted by Crippen LogP contribution is -1.83. The van der Waals surface area contributed by atoms with Gasteiger partial charge in [0, 0.05) is 6.20 Å². The van der Waals surface area contributed by atoms with Crippen molar-refractivity contribution in [3.8, 4) is 0 Å². The summed E-state index contributed by atoms with van der Waals surface area (Å²) in [6.45, 7) is 0. The van der Waals surface area contributed by atoms with Gasteiger partial charge in [-0.15, -0.1) is 10.2 Å². The molecule has 0 N–H and O–H groups in total. The third-order valence-corrected chi connectivity index (χ3v) is 1.95. The number of fused-ring (bicyclic) bond motifs is 1. The van der Waals surface area contributed by atoms with Gasteiger partial charge in [0.2, 0.25) is 0 Å². The molecule has 3 nitrogen and oxygen atoms in total. The van der Waals surface area contributed by atoms with Crippen molar-refractivity contribution >= 4 is 18.0 Å². The van der Waals surface area contributed by atoms with Crippen LogP contribution >= 0.6 is 11.8 Å². The molecular weight excluding hydrogens is 146 g/mol. The molecule has 0 aliphatic carbocycles. The maximum Gasteiger partial charge on any atom is 0.199 e. The Morgan fingerprint density at radius 1 is 1.40 bits per heavy atom. The summed E-state index contributed by atoms with van der Waals surface area (Å²) in [7, 11) is 0. The molecule has 0 radical (unpaired) electrons. The van der Waals surface area contributed by atoms with Crippen LogP contribution in [0.2, 0.25) is 0 Å². The molecule has 0 fully saturated rings. The molecular formula is C6H5N3S. The van der Waals surface area contributed by atoms with E-state index in [2.05, 4.69) is 10.2 Å². The summed E-state index contributed by atoms with van der Waals surface area (Å²) in [6, 6.07) is 0. The Kier molecular flexibility index (Phi) is 1.32. The minimum atomic E-state index is 0.907. The molecule has 1 aliphatic heterocycles. The summed E-state index contributed by atoms with van der Waals surface area (Å²) in [5.41, 5.74) is 0. The predicted octanol–water partition coefficient (Wildman–Crippen LogP) is 1.37. The van der Waals surface area contributed by atoms with E-state index in [4.69, 9.17) is 0 Å². The number of thioether (sulfide) groups is 1. The van der Waals surface area contributed by atoms with Crippen LogP contribution < -0.4 is 0 Å². The first-order valence-electron chi connectivity index (χ1n) is 2.86. The fourth-order valence-electron chi connectivity index (χ4n) is 0.706. The molecule has 0 aromatic carbocycles. The van der Waals surface area contributed by atoms with E-state index in [-0.39, 0.29) is 0 Å². The zero-order chi connectivity index (χ0) is 6.81. The summed E-state index contributed by atoms with van der Waals surface area (Å²) >= 11 is 1.56. The highest BCUT2D eigenvalue weighted by atomic mass is 32.2. The SMILES string of the molecule is C1=CSc2nncn2C=C1. The van der Waals surface area contributed by atoms with E-state index in [0.29, 0.717) is 0 Å². The first kappa shape index (κ1) is 5.73. The Balaban J connectivity index is 2.50. The fourth-order valence-corrected chi connectivity index (χ4v) is 1.32. The van der Waals surface area contributed by atoms with Crippen LogP contribution in [0.15, 0.2) is 29.0 Å². The van der Waals surface area contributed by atoms with Crippen molar-refractivity contribution in [2.24, 2.45) is 0 Å². The highest BCUT2D eigenvalue weighted by molar-refractivity contribution is 8.02. The highest BCUT2D eigenvalue weighted by Crippen LogP contribution is 2.18. The van der Waals surface area contributed by atoms with Gasteiger partial charge in [-0.1, -0.05) is 17.8 Å². The minimum absolute atomic E-state index is 0.907. The van der Waals surface area contributed by atoms with Crippen molar-refractivity contribution in [3.05, 3.63) is 23.9 Å². The molecule has 0 spiro atoms. The number of hydrogen-bond acceptors (Lipinski definition) is 3. The second-order valence-corrected chi connectivity index (χ2v) is 2.68. The summed E-state index contributed by atoms with van der Waals surface area (Å²) in [5, 5.41) is 10.5. The maximum atomic E-state index is 3.89. The first-order chi connectivity index (χ1) is 4.97. The molecule has 0 bridgehead atoms. The van der Waals surface area contributed by atoms with Crippen molar-refractivity contribution in [1.29, 1.82) is 0 Å². The standard InChI is InChI=1S/C6H5N3S/c1-2-4-10-6-8-7-5-9(6)3-1/h1-5H. The lowest BCUT2D eigenvalue weighted by Gasteiger charge is -1.90. The Morgan fingerprint density at radius 3 is 3.40 bits per heavy atom. The van der Waals surface area contributed by atoms with Gasteiger partial charge in [-0.3, -0.25) is 4.57 Å². The number of hydrogen-bond donors (Lipinski definition) is 0. The topological polar surface area (TPSA) is 30.7 Å². The van der Waals surface area contributed by atoms with Crippen molar-refractivity contribution in [1.82, 2.24) is 14.8 Å². The van der Waals surface area contributed by atoms with Crippen molar-refractivity contribution in [3.63, 3.8) is 0 Å². The molecule has 2 heterocycles. The summed E-state index contributed by atoms with van der Waals surface area (Å²) in [6.07, 6.45) is 7.53. The summed E-state index contributed by atoms with van der Waals surface area (Å²) in [4.78, 5) is 0. The van der Waals surface area contributed by atoms with Gasteiger partial charge >= 0.3 is 0 Å². The normalized spacial score (nSPS) is 14.8. The van der Waals surface area contributed by atoms with E-state index < -0.39 is 0 Å². The molecule has 2 rings (SSSR count). The smallest absolute Gasteiger partial charge is 0.199 e. The van der Waals surface area contributed by atoms with Gasteiger partial charge in [0.05, 0.1) is 0 Å². The monoisotopic (exact) mass is 151 g/mol. The molecule has 0 atom stereocenters. The van der Waals surface area contributed by atoms with Gasteiger partial charge in [0.25, 0.3) is 0 Å². The van der Waals surface area contributed by atoms with E-state index in [1.165, 1.54) is 0 Å². The van der Waals surface area contributed by atoms with Gasteiger partial charge in [0.1, 0.15) is 6.33 Å². The third kappa shape index (κ3) is 0.863. The van der Waals surface area contributed by atoms with Crippen LogP contribution in [0.4, 0.5) is 0 Å². The Morgan fingerprint density at radius 2 is 2.40 bits per heavy atom. The number of nitrogens with zero attached hydrogens (tertiary/aromatic N) is 3. The minimum Gasteiger partial charge on any atom is -0.283 e. The van der Waals surface area contributed by atoms with Crippen LogP contribution in [0.5, 0.6) is 0 Å². The number of aromatic nitrogens is 3. The van der Waals surface area contributed by atoms with Crippen LogP contribution in [0.3, 0.4) is 0 Å². The quantitative estimate of drug-likeness (QED) is 0.561. The van der Waals surface area contributed by atoms with Crippen LogP contribution in [0, 0.1) is 0 Å². The van der Waals surface area contributed by atoms with Crippen LogP contribution in [0.1, 0.15) is 0 Å². The van der Waals surface area contributed by atoms with E-state index >= 15 is 0 Å². The van der Waals surface area contributed by atoms with Gasteiger partial charge < -0.3 is 0 Å².